The van der Waals surface area contributed by atoms with Crippen molar-refractivity contribution in [3.8, 4) is 112 Å². The second-order valence-electron chi connectivity index (χ2n) is 17.1. The predicted molar refractivity (Wildman–Crippen MR) is 284 cm³/mol. The van der Waals surface area contributed by atoms with Crippen molar-refractivity contribution in [2.24, 2.45) is 0 Å². The molecule has 12 rings (SSSR count). The first-order valence-corrected chi connectivity index (χ1v) is 23.3. The SMILES string of the molecule is [Ir+3].[c-]1cc(-c2cccn2-c2cc(-c3ccccc3-c3c[c-]c(-c4ccccn4)cc3-c3ccc(-c4ccccc4)cc3)cc(-c3cccn3-c3c[c-]c(-c4ccccn4)cc3)c2)ccc1-c1ccccn1. The van der Waals surface area contributed by atoms with E-state index >= 15 is 0 Å². The van der Waals surface area contributed by atoms with E-state index in [2.05, 4.69) is 213 Å². The number of aromatic nitrogens is 5. The summed E-state index contributed by atoms with van der Waals surface area (Å²) in [6, 6.07) is 89.1. The van der Waals surface area contributed by atoms with E-state index in [9.17, 15) is 0 Å². The number of benzene rings is 7. The quantitative estimate of drug-likeness (QED) is 0.121. The van der Waals surface area contributed by atoms with Crippen LogP contribution < -0.4 is 0 Å². The fourth-order valence-electron chi connectivity index (χ4n) is 9.32. The van der Waals surface area contributed by atoms with Gasteiger partial charge in [-0.3, -0.25) is 0 Å². The summed E-state index contributed by atoms with van der Waals surface area (Å²) in [5.41, 5.74) is 20.6. The van der Waals surface area contributed by atoms with Gasteiger partial charge in [-0.15, -0.1) is 83.4 Å². The number of hydrogen-bond acceptors (Lipinski definition) is 3. The van der Waals surface area contributed by atoms with Crippen molar-refractivity contribution in [2.45, 2.75) is 0 Å². The van der Waals surface area contributed by atoms with Gasteiger partial charge in [0.25, 0.3) is 0 Å². The largest absolute Gasteiger partial charge is 3.00 e. The molecule has 0 aliphatic heterocycles. The van der Waals surface area contributed by atoms with Gasteiger partial charge in [0.15, 0.2) is 0 Å². The van der Waals surface area contributed by atoms with E-state index in [1.807, 2.05) is 79.3 Å². The Bertz CT molecular complexity index is 3580. The van der Waals surface area contributed by atoms with Gasteiger partial charge < -0.3 is 24.1 Å². The van der Waals surface area contributed by atoms with E-state index in [-0.39, 0.29) is 20.1 Å². The Balaban J connectivity index is 0.00000547. The Morgan fingerprint density at radius 3 is 1.44 bits per heavy atom. The summed E-state index contributed by atoms with van der Waals surface area (Å²) in [7, 11) is 0. The molecule has 0 spiro atoms. The molecule has 0 N–H and O–H groups in total. The first-order chi connectivity index (χ1) is 34.7. The molecule has 71 heavy (non-hydrogen) atoms. The minimum atomic E-state index is 0. The second-order valence-corrected chi connectivity index (χ2v) is 17.1. The molecule has 7 aromatic carbocycles. The maximum Gasteiger partial charge on any atom is 3.00 e. The van der Waals surface area contributed by atoms with Crippen LogP contribution in [-0.2, 0) is 20.1 Å². The molecule has 0 fully saturated rings. The predicted octanol–water partition coefficient (Wildman–Crippen LogP) is 15.9. The summed E-state index contributed by atoms with van der Waals surface area (Å²) in [5.74, 6) is 0. The summed E-state index contributed by atoms with van der Waals surface area (Å²) in [6.45, 7) is 0. The van der Waals surface area contributed by atoms with Crippen LogP contribution in [-0.4, -0.2) is 24.1 Å². The van der Waals surface area contributed by atoms with Crippen LogP contribution in [0.2, 0.25) is 0 Å². The third-order valence-corrected chi connectivity index (χ3v) is 12.8. The smallest absolute Gasteiger partial charge is 0.357 e. The van der Waals surface area contributed by atoms with E-state index < -0.39 is 0 Å². The van der Waals surface area contributed by atoms with Crippen LogP contribution in [0.25, 0.3) is 112 Å². The van der Waals surface area contributed by atoms with Crippen molar-refractivity contribution in [1.82, 2.24) is 24.1 Å². The molecule has 336 valence electrons. The molecule has 5 aromatic heterocycles. The zero-order chi connectivity index (χ0) is 46.6. The minimum absolute atomic E-state index is 0. The molecule has 12 aromatic rings. The topological polar surface area (TPSA) is 48.5 Å². The van der Waals surface area contributed by atoms with Gasteiger partial charge in [0.1, 0.15) is 0 Å². The molecule has 0 bridgehead atoms. The van der Waals surface area contributed by atoms with Gasteiger partial charge >= 0.3 is 20.1 Å². The molecule has 5 heterocycles. The minimum Gasteiger partial charge on any atom is -0.357 e. The third-order valence-electron chi connectivity index (χ3n) is 12.8. The van der Waals surface area contributed by atoms with E-state index in [1.54, 1.807) is 0 Å². The van der Waals surface area contributed by atoms with Crippen LogP contribution in [0.3, 0.4) is 0 Å². The first kappa shape index (κ1) is 44.7. The molecule has 0 saturated carbocycles. The van der Waals surface area contributed by atoms with Gasteiger partial charge in [0, 0.05) is 47.4 Å². The second kappa shape index (κ2) is 20.0. The molecule has 0 aliphatic carbocycles. The van der Waals surface area contributed by atoms with Gasteiger partial charge in [-0.1, -0.05) is 138 Å². The summed E-state index contributed by atoms with van der Waals surface area (Å²) in [4.78, 5) is 13.8. The van der Waals surface area contributed by atoms with Crippen molar-refractivity contribution in [1.29, 1.82) is 0 Å². The van der Waals surface area contributed by atoms with E-state index in [0.29, 0.717) is 0 Å². The standard InChI is InChI=1S/C65H42N5.Ir/c1-2-14-46(15-3-1)47-23-25-48(26-24-47)60-45-52(63-20-8-11-39-68-63)33-36-59(60)58-17-5-4-16-57(58)53-42-54(65-22-13-40-69(65)55-34-31-50(32-35-55)62-19-7-10-38-67-62)44-56(43-53)70-41-12-21-64(70)51-29-27-49(28-30-51)61-18-6-9-37-66-61;/h1-27,29-31,34-45H;/q-3;+3. The Kier molecular flexibility index (Phi) is 12.6. The fourth-order valence-corrected chi connectivity index (χ4v) is 9.32. The van der Waals surface area contributed by atoms with Crippen LogP contribution in [0.5, 0.6) is 0 Å². The van der Waals surface area contributed by atoms with E-state index in [4.69, 9.17) is 4.98 Å². The van der Waals surface area contributed by atoms with Crippen molar-refractivity contribution >= 4 is 0 Å². The van der Waals surface area contributed by atoms with Crippen molar-refractivity contribution in [3.05, 3.63) is 274 Å². The molecule has 6 heteroatoms. The number of hydrogen-bond donors (Lipinski definition) is 0. The maximum atomic E-state index is 4.72. The monoisotopic (exact) mass is 1090 g/mol. The van der Waals surface area contributed by atoms with Crippen LogP contribution in [0.4, 0.5) is 0 Å². The number of nitrogens with zero attached hydrogens (tertiary/aromatic N) is 5. The van der Waals surface area contributed by atoms with Gasteiger partial charge in [-0.2, -0.15) is 0 Å². The zero-order valence-corrected chi connectivity index (χ0v) is 40.7. The zero-order valence-electron chi connectivity index (χ0n) is 38.3. The molecule has 0 radical (unpaired) electrons. The average Bonchev–Trinajstić information content (AvgIpc) is 4.16. The molecule has 0 atom stereocenters. The van der Waals surface area contributed by atoms with E-state index in [0.717, 1.165) is 101 Å². The van der Waals surface area contributed by atoms with E-state index in [1.165, 1.54) is 11.1 Å². The first-order valence-electron chi connectivity index (χ1n) is 23.3. The number of rotatable bonds is 11. The Hall–Kier alpha value is -8.80. The summed E-state index contributed by atoms with van der Waals surface area (Å²) in [6.07, 6.45) is 9.73. The van der Waals surface area contributed by atoms with Crippen molar-refractivity contribution in [2.75, 3.05) is 0 Å². The van der Waals surface area contributed by atoms with Crippen molar-refractivity contribution in [3.63, 3.8) is 0 Å². The van der Waals surface area contributed by atoms with Gasteiger partial charge in [-0.25, -0.2) is 0 Å². The Labute approximate surface area is 427 Å². The average molecular weight is 1090 g/mol. The molecular formula is C65H42IrN5. The van der Waals surface area contributed by atoms with Crippen LogP contribution in [0.1, 0.15) is 0 Å². The number of pyridine rings is 3. The normalized spacial score (nSPS) is 11.0. The van der Waals surface area contributed by atoms with Crippen LogP contribution in [0.15, 0.2) is 255 Å². The van der Waals surface area contributed by atoms with Crippen molar-refractivity contribution < 1.29 is 20.1 Å². The van der Waals surface area contributed by atoms with Gasteiger partial charge in [0.2, 0.25) is 0 Å². The molecule has 0 amide bonds. The molecule has 0 aliphatic rings. The van der Waals surface area contributed by atoms with Crippen LogP contribution in [0, 0.1) is 18.2 Å². The summed E-state index contributed by atoms with van der Waals surface area (Å²) >= 11 is 0. The Morgan fingerprint density at radius 2 is 0.817 bits per heavy atom. The third kappa shape index (κ3) is 9.14. The maximum absolute atomic E-state index is 4.72. The molecule has 0 unspecified atom stereocenters. The molecule has 5 nitrogen and oxygen atoms in total. The van der Waals surface area contributed by atoms with Crippen LogP contribution >= 0.6 is 0 Å². The van der Waals surface area contributed by atoms with Gasteiger partial charge in [0.05, 0.1) is 0 Å². The summed E-state index contributed by atoms with van der Waals surface area (Å²) < 4.78 is 4.51. The van der Waals surface area contributed by atoms with Gasteiger partial charge in [-0.05, 0) is 117 Å². The molecular weight excluding hydrogens is 1040 g/mol. The summed E-state index contributed by atoms with van der Waals surface area (Å²) in [5, 5.41) is 0. The fraction of sp³-hybridized carbons (Fsp3) is 0. The molecule has 0 saturated heterocycles. The Morgan fingerprint density at radius 1 is 0.296 bits per heavy atom.